The molecule has 0 heterocycles. The summed E-state index contributed by atoms with van der Waals surface area (Å²) >= 11 is 0. The van der Waals surface area contributed by atoms with Crippen molar-refractivity contribution in [3.8, 4) is 0 Å². The zero-order valence-electron chi connectivity index (χ0n) is 8.45. The summed E-state index contributed by atoms with van der Waals surface area (Å²) in [5.74, 6) is -0.456. The fourth-order valence-corrected chi connectivity index (χ4v) is 1.23. The molecule has 1 amide bonds. The lowest BCUT2D eigenvalue weighted by atomic mass is 10.1. The molecule has 4 N–H and O–H groups in total. The highest BCUT2D eigenvalue weighted by Crippen LogP contribution is 2.22. The molecule has 0 saturated carbocycles. The van der Waals surface area contributed by atoms with Crippen LogP contribution < -0.4 is 16.4 Å². The first-order valence-electron chi connectivity index (χ1n) is 4.46. The Morgan fingerprint density at radius 2 is 2.14 bits per heavy atom. The molecular weight excluding hydrogens is 178 g/mol. The predicted molar refractivity (Wildman–Crippen MR) is 58.3 cm³/mol. The predicted octanol–water partition coefficient (Wildman–Crippen LogP) is 0.824. The molecule has 0 aliphatic rings. The lowest BCUT2D eigenvalue weighted by Gasteiger charge is -2.19. The van der Waals surface area contributed by atoms with Gasteiger partial charge in [0.1, 0.15) is 0 Å². The van der Waals surface area contributed by atoms with E-state index in [1.165, 1.54) is 0 Å². The van der Waals surface area contributed by atoms with Crippen molar-refractivity contribution in [2.24, 2.45) is 5.73 Å². The molecule has 14 heavy (non-hydrogen) atoms. The molecule has 76 valence electrons. The van der Waals surface area contributed by atoms with Crippen LogP contribution in [-0.2, 0) is 0 Å². The average molecular weight is 193 g/mol. The summed E-state index contributed by atoms with van der Waals surface area (Å²) in [6.07, 6.45) is 0. The van der Waals surface area contributed by atoms with Crippen molar-refractivity contribution in [2.75, 3.05) is 24.2 Å². The molecule has 0 radical (unpaired) electrons. The van der Waals surface area contributed by atoms with Gasteiger partial charge in [-0.1, -0.05) is 0 Å². The van der Waals surface area contributed by atoms with Crippen LogP contribution in [0.25, 0.3) is 0 Å². The zero-order chi connectivity index (χ0) is 10.7. The molecule has 0 bridgehead atoms. The molecule has 0 atom stereocenters. The number of hydrogen-bond acceptors (Lipinski definition) is 3. The van der Waals surface area contributed by atoms with Gasteiger partial charge >= 0.3 is 0 Å². The van der Waals surface area contributed by atoms with Gasteiger partial charge in [0.2, 0.25) is 5.91 Å². The minimum absolute atomic E-state index is 0.441. The van der Waals surface area contributed by atoms with Crippen molar-refractivity contribution in [2.45, 2.75) is 6.92 Å². The van der Waals surface area contributed by atoms with E-state index in [0.717, 1.165) is 12.2 Å². The topological polar surface area (TPSA) is 72.3 Å². The Labute approximate surface area is 83.5 Å². The van der Waals surface area contributed by atoms with E-state index in [0.29, 0.717) is 11.3 Å². The van der Waals surface area contributed by atoms with Crippen LogP contribution in [0.15, 0.2) is 18.2 Å². The normalized spacial score (nSPS) is 9.86. The minimum Gasteiger partial charge on any atom is -0.397 e. The summed E-state index contributed by atoms with van der Waals surface area (Å²) in [7, 11) is 1.94. The summed E-state index contributed by atoms with van der Waals surface area (Å²) < 4.78 is 0. The number of rotatable bonds is 3. The minimum atomic E-state index is -0.456. The van der Waals surface area contributed by atoms with Crippen molar-refractivity contribution in [3.63, 3.8) is 0 Å². The van der Waals surface area contributed by atoms with E-state index in [1.807, 2.05) is 18.9 Å². The van der Waals surface area contributed by atoms with E-state index in [4.69, 9.17) is 11.5 Å². The highest BCUT2D eigenvalue weighted by Gasteiger charge is 2.06. The molecular formula is C10H15N3O. The largest absolute Gasteiger partial charge is 0.397 e. The van der Waals surface area contributed by atoms with E-state index in [1.54, 1.807) is 18.2 Å². The Hall–Kier alpha value is -1.71. The lowest BCUT2D eigenvalue weighted by Crippen LogP contribution is -2.18. The number of nitrogens with zero attached hydrogens (tertiary/aromatic N) is 1. The van der Waals surface area contributed by atoms with Crippen molar-refractivity contribution < 1.29 is 4.79 Å². The van der Waals surface area contributed by atoms with Crippen LogP contribution in [0.1, 0.15) is 17.3 Å². The molecule has 4 nitrogen and oxygen atoms in total. The fraction of sp³-hybridized carbons (Fsp3) is 0.300. The summed E-state index contributed by atoms with van der Waals surface area (Å²) in [6, 6.07) is 5.09. The molecule has 0 aliphatic heterocycles. The van der Waals surface area contributed by atoms with Gasteiger partial charge in [0.15, 0.2) is 0 Å². The molecule has 0 unspecified atom stereocenters. The van der Waals surface area contributed by atoms with E-state index in [2.05, 4.69) is 0 Å². The average Bonchev–Trinajstić information content (AvgIpc) is 2.16. The zero-order valence-corrected chi connectivity index (χ0v) is 8.45. The summed E-state index contributed by atoms with van der Waals surface area (Å²) in [5.41, 5.74) is 12.8. The molecule has 0 aromatic heterocycles. The fourth-order valence-electron chi connectivity index (χ4n) is 1.23. The van der Waals surface area contributed by atoms with Gasteiger partial charge in [0, 0.05) is 19.2 Å². The Morgan fingerprint density at radius 1 is 1.50 bits per heavy atom. The number of anilines is 2. The number of hydrogen-bond donors (Lipinski definition) is 2. The molecule has 1 aromatic rings. The van der Waals surface area contributed by atoms with Crippen molar-refractivity contribution >= 4 is 17.3 Å². The van der Waals surface area contributed by atoms with Crippen LogP contribution in [-0.4, -0.2) is 19.5 Å². The second-order valence-corrected chi connectivity index (χ2v) is 3.15. The highest BCUT2D eigenvalue weighted by molar-refractivity contribution is 5.94. The number of benzene rings is 1. The molecule has 0 saturated heterocycles. The van der Waals surface area contributed by atoms with Gasteiger partial charge in [-0.05, 0) is 25.1 Å². The number of carbonyl (C=O) groups excluding carboxylic acids is 1. The molecule has 0 aliphatic carbocycles. The molecule has 1 aromatic carbocycles. The van der Waals surface area contributed by atoms with Crippen LogP contribution in [0, 0.1) is 0 Å². The maximum Gasteiger partial charge on any atom is 0.248 e. The van der Waals surface area contributed by atoms with Gasteiger partial charge in [-0.25, -0.2) is 0 Å². The van der Waals surface area contributed by atoms with Gasteiger partial charge in [-0.2, -0.15) is 0 Å². The monoisotopic (exact) mass is 193 g/mol. The van der Waals surface area contributed by atoms with E-state index in [-0.39, 0.29) is 0 Å². The summed E-state index contributed by atoms with van der Waals surface area (Å²) in [5, 5.41) is 0. The van der Waals surface area contributed by atoms with Crippen LogP contribution in [0.5, 0.6) is 0 Å². The number of amides is 1. The van der Waals surface area contributed by atoms with Gasteiger partial charge in [0.05, 0.1) is 11.4 Å². The standard InChI is InChI=1S/C10H15N3O/c1-3-13(2)9-5-4-7(10(12)14)6-8(9)11/h4-6H,3,11H2,1-2H3,(H2,12,14). The Morgan fingerprint density at radius 3 is 2.57 bits per heavy atom. The third-order valence-electron chi connectivity index (χ3n) is 2.20. The number of carbonyl (C=O) groups is 1. The molecule has 4 heteroatoms. The third kappa shape index (κ3) is 1.96. The lowest BCUT2D eigenvalue weighted by molar-refractivity contribution is 0.100. The first-order chi connectivity index (χ1) is 6.56. The SMILES string of the molecule is CCN(C)c1ccc(C(N)=O)cc1N. The first kappa shape index (κ1) is 10.4. The second-order valence-electron chi connectivity index (χ2n) is 3.15. The van der Waals surface area contributed by atoms with E-state index < -0.39 is 5.91 Å². The smallest absolute Gasteiger partial charge is 0.248 e. The van der Waals surface area contributed by atoms with Crippen LogP contribution in [0.3, 0.4) is 0 Å². The Bertz CT molecular complexity index is 349. The van der Waals surface area contributed by atoms with Crippen LogP contribution in [0.4, 0.5) is 11.4 Å². The van der Waals surface area contributed by atoms with Crippen molar-refractivity contribution in [1.29, 1.82) is 0 Å². The van der Waals surface area contributed by atoms with Crippen molar-refractivity contribution in [3.05, 3.63) is 23.8 Å². The van der Waals surface area contributed by atoms with Crippen molar-refractivity contribution in [1.82, 2.24) is 0 Å². The first-order valence-corrected chi connectivity index (χ1v) is 4.46. The third-order valence-corrected chi connectivity index (χ3v) is 2.20. The summed E-state index contributed by atoms with van der Waals surface area (Å²) in [4.78, 5) is 12.9. The number of primary amides is 1. The molecule has 1 rings (SSSR count). The van der Waals surface area contributed by atoms with Crippen LogP contribution in [0.2, 0.25) is 0 Å². The summed E-state index contributed by atoms with van der Waals surface area (Å²) in [6.45, 7) is 2.89. The van der Waals surface area contributed by atoms with Gasteiger partial charge in [-0.15, -0.1) is 0 Å². The Kier molecular flexibility index (Phi) is 2.96. The van der Waals surface area contributed by atoms with Gasteiger partial charge in [-0.3, -0.25) is 4.79 Å². The van der Waals surface area contributed by atoms with E-state index >= 15 is 0 Å². The molecule has 0 spiro atoms. The number of nitrogens with two attached hydrogens (primary N) is 2. The quantitative estimate of drug-likeness (QED) is 0.698. The maximum absolute atomic E-state index is 10.9. The highest BCUT2D eigenvalue weighted by atomic mass is 16.1. The van der Waals surface area contributed by atoms with E-state index in [9.17, 15) is 4.79 Å². The second kappa shape index (κ2) is 4.00. The Balaban J connectivity index is 3.07. The van der Waals surface area contributed by atoms with Gasteiger partial charge in [0.25, 0.3) is 0 Å². The van der Waals surface area contributed by atoms with Crippen LogP contribution >= 0.6 is 0 Å². The number of nitrogen functional groups attached to an aromatic ring is 1. The molecule has 0 fully saturated rings. The van der Waals surface area contributed by atoms with Gasteiger partial charge < -0.3 is 16.4 Å². The maximum atomic E-state index is 10.9.